The number of aromatic hydroxyl groups is 1. The molecule has 0 bridgehead atoms. The summed E-state index contributed by atoms with van der Waals surface area (Å²) in [6.45, 7) is 5.63. The van der Waals surface area contributed by atoms with Crippen LogP contribution < -0.4 is 10.2 Å². The van der Waals surface area contributed by atoms with E-state index in [0.29, 0.717) is 11.3 Å². The SMILES string of the molecule is CCCNC(C)c1ccc(N(CC)CC(F)(F)F)cc1O. The summed E-state index contributed by atoms with van der Waals surface area (Å²) in [6, 6.07) is 4.65. The second-order valence-corrected chi connectivity index (χ2v) is 5.05. The largest absolute Gasteiger partial charge is 0.508 e. The molecule has 0 heterocycles. The maximum absolute atomic E-state index is 12.5. The quantitative estimate of drug-likeness (QED) is 0.803. The van der Waals surface area contributed by atoms with Gasteiger partial charge in [0.15, 0.2) is 0 Å². The van der Waals surface area contributed by atoms with Crippen molar-refractivity contribution >= 4 is 5.69 Å². The lowest BCUT2D eigenvalue weighted by molar-refractivity contribution is -0.119. The Labute approximate surface area is 123 Å². The smallest absolute Gasteiger partial charge is 0.405 e. The lowest BCUT2D eigenvalue weighted by atomic mass is 10.1. The van der Waals surface area contributed by atoms with E-state index in [2.05, 4.69) is 5.32 Å². The summed E-state index contributed by atoms with van der Waals surface area (Å²) in [5.41, 5.74) is 1.06. The van der Waals surface area contributed by atoms with E-state index in [1.165, 1.54) is 11.0 Å². The van der Waals surface area contributed by atoms with Gasteiger partial charge in [0.2, 0.25) is 0 Å². The van der Waals surface area contributed by atoms with Crippen molar-refractivity contribution in [1.29, 1.82) is 0 Å². The number of nitrogens with zero attached hydrogens (tertiary/aromatic N) is 1. The summed E-state index contributed by atoms with van der Waals surface area (Å²) >= 11 is 0. The van der Waals surface area contributed by atoms with Gasteiger partial charge in [0, 0.05) is 29.9 Å². The fourth-order valence-corrected chi connectivity index (χ4v) is 2.17. The summed E-state index contributed by atoms with van der Waals surface area (Å²) in [5, 5.41) is 13.3. The Bertz CT molecular complexity index is 449. The highest BCUT2D eigenvalue weighted by atomic mass is 19.4. The fraction of sp³-hybridized carbons (Fsp3) is 0.600. The first-order valence-corrected chi connectivity index (χ1v) is 7.16. The fourth-order valence-electron chi connectivity index (χ4n) is 2.17. The van der Waals surface area contributed by atoms with E-state index in [9.17, 15) is 18.3 Å². The lowest BCUT2D eigenvalue weighted by Gasteiger charge is -2.25. The molecule has 0 spiro atoms. The van der Waals surface area contributed by atoms with Crippen molar-refractivity contribution < 1.29 is 18.3 Å². The Morgan fingerprint density at radius 2 is 1.95 bits per heavy atom. The van der Waals surface area contributed by atoms with Crippen molar-refractivity contribution in [1.82, 2.24) is 5.32 Å². The first-order valence-electron chi connectivity index (χ1n) is 7.16. The number of benzene rings is 1. The van der Waals surface area contributed by atoms with Crippen LogP contribution in [0.2, 0.25) is 0 Å². The molecule has 0 aliphatic rings. The van der Waals surface area contributed by atoms with Gasteiger partial charge in [-0.3, -0.25) is 0 Å². The van der Waals surface area contributed by atoms with Gasteiger partial charge in [-0.15, -0.1) is 0 Å². The molecule has 1 rings (SSSR count). The molecule has 2 N–H and O–H groups in total. The number of rotatable bonds is 7. The molecule has 1 unspecified atom stereocenters. The van der Waals surface area contributed by atoms with Crippen LogP contribution in [0.15, 0.2) is 18.2 Å². The van der Waals surface area contributed by atoms with Crippen LogP contribution >= 0.6 is 0 Å². The topological polar surface area (TPSA) is 35.5 Å². The van der Waals surface area contributed by atoms with Gasteiger partial charge in [-0.1, -0.05) is 13.0 Å². The molecule has 1 aromatic rings. The van der Waals surface area contributed by atoms with Crippen molar-refractivity contribution in [3.63, 3.8) is 0 Å². The number of nitrogens with one attached hydrogen (secondary N) is 1. The molecule has 0 fully saturated rings. The van der Waals surface area contributed by atoms with Crippen LogP contribution in [0.4, 0.5) is 18.9 Å². The predicted molar refractivity (Wildman–Crippen MR) is 78.8 cm³/mol. The van der Waals surface area contributed by atoms with Gasteiger partial charge >= 0.3 is 6.18 Å². The van der Waals surface area contributed by atoms with Crippen LogP contribution in [0, 0.1) is 0 Å². The van der Waals surface area contributed by atoms with Crippen LogP contribution in [0.5, 0.6) is 5.75 Å². The van der Waals surface area contributed by atoms with Gasteiger partial charge in [-0.2, -0.15) is 13.2 Å². The summed E-state index contributed by atoms with van der Waals surface area (Å²) in [4.78, 5) is 1.19. The van der Waals surface area contributed by atoms with Gasteiger partial charge in [0.05, 0.1) is 0 Å². The zero-order chi connectivity index (χ0) is 16.0. The van der Waals surface area contributed by atoms with Crippen LogP contribution in [-0.2, 0) is 0 Å². The lowest BCUT2D eigenvalue weighted by Crippen LogP contribution is -2.34. The molecule has 6 heteroatoms. The monoisotopic (exact) mass is 304 g/mol. The second-order valence-electron chi connectivity index (χ2n) is 5.05. The summed E-state index contributed by atoms with van der Waals surface area (Å²) in [7, 11) is 0. The maximum atomic E-state index is 12.5. The van der Waals surface area contributed by atoms with E-state index in [1.807, 2.05) is 13.8 Å². The van der Waals surface area contributed by atoms with E-state index >= 15 is 0 Å². The molecular formula is C15H23F3N2O. The summed E-state index contributed by atoms with van der Waals surface area (Å²) in [6.07, 6.45) is -3.29. The molecule has 0 aliphatic carbocycles. The standard InChI is InChI=1S/C15H23F3N2O/c1-4-8-19-11(3)13-7-6-12(9-14(13)21)20(5-2)10-15(16,17)18/h6-7,9,11,19,21H,4-5,8,10H2,1-3H3. The predicted octanol–water partition coefficient (Wildman–Crippen LogP) is 3.84. The van der Waals surface area contributed by atoms with Gasteiger partial charge in [-0.25, -0.2) is 0 Å². The normalized spacial score (nSPS) is 13.2. The molecule has 0 radical (unpaired) electrons. The third kappa shape index (κ3) is 5.46. The highest BCUT2D eigenvalue weighted by Crippen LogP contribution is 2.30. The highest BCUT2D eigenvalue weighted by molar-refractivity contribution is 5.54. The minimum atomic E-state index is -4.26. The Balaban J connectivity index is 2.90. The number of halogens is 3. The van der Waals surface area contributed by atoms with Crippen LogP contribution in [0.3, 0.4) is 0 Å². The van der Waals surface area contributed by atoms with Crippen molar-refractivity contribution in [3.8, 4) is 5.75 Å². The van der Waals surface area contributed by atoms with Crippen LogP contribution in [0.25, 0.3) is 0 Å². The minimum absolute atomic E-state index is 0.0178. The highest BCUT2D eigenvalue weighted by Gasteiger charge is 2.30. The molecule has 3 nitrogen and oxygen atoms in total. The van der Waals surface area contributed by atoms with Gasteiger partial charge in [0.25, 0.3) is 0 Å². The van der Waals surface area contributed by atoms with E-state index in [0.717, 1.165) is 13.0 Å². The molecule has 1 atom stereocenters. The van der Waals surface area contributed by atoms with Gasteiger partial charge in [-0.05, 0) is 32.9 Å². The third-order valence-electron chi connectivity index (χ3n) is 3.30. The van der Waals surface area contributed by atoms with Crippen molar-refractivity contribution in [2.75, 3.05) is 24.5 Å². The van der Waals surface area contributed by atoms with Crippen LogP contribution in [0.1, 0.15) is 38.8 Å². The Kier molecular flexibility index (Phi) is 6.33. The number of hydrogen-bond acceptors (Lipinski definition) is 3. The average molecular weight is 304 g/mol. The third-order valence-corrected chi connectivity index (χ3v) is 3.30. The Morgan fingerprint density at radius 3 is 2.43 bits per heavy atom. The van der Waals surface area contributed by atoms with E-state index < -0.39 is 12.7 Å². The van der Waals surface area contributed by atoms with Crippen molar-refractivity contribution in [2.45, 2.75) is 39.4 Å². The minimum Gasteiger partial charge on any atom is -0.508 e. The molecule has 120 valence electrons. The molecule has 21 heavy (non-hydrogen) atoms. The van der Waals surface area contributed by atoms with E-state index in [-0.39, 0.29) is 18.3 Å². The van der Waals surface area contributed by atoms with E-state index in [1.54, 1.807) is 19.1 Å². The second kappa shape index (κ2) is 7.54. The molecule has 0 amide bonds. The molecule has 0 saturated carbocycles. The number of phenols is 1. The summed E-state index contributed by atoms with van der Waals surface area (Å²) in [5.74, 6) is 0.0178. The Morgan fingerprint density at radius 1 is 1.29 bits per heavy atom. The average Bonchev–Trinajstić information content (AvgIpc) is 2.41. The number of anilines is 1. The number of phenolic OH excluding ortho intramolecular Hbond substituents is 1. The first-order chi connectivity index (χ1) is 9.78. The number of alkyl halides is 3. The molecule has 1 aromatic carbocycles. The van der Waals surface area contributed by atoms with E-state index in [4.69, 9.17) is 0 Å². The zero-order valence-corrected chi connectivity index (χ0v) is 12.7. The molecule has 0 saturated heterocycles. The maximum Gasteiger partial charge on any atom is 0.405 e. The zero-order valence-electron chi connectivity index (χ0n) is 12.7. The van der Waals surface area contributed by atoms with Crippen molar-refractivity contribution in [3.05, 3.63) is 23.8 Å². The number of hydrogen-bond donors (Lipinski definition) is 2. The molecular weight excluding hydrogens is 281 g/mol. The van der Waals surface area contributed by atoms with Crippen LogP contribution in [-0.4, -0.2) is 30.9 Å². The molecule has 0 aromatic heterocycles. The summed E-state index contributed by atoms with van der Waals surface area (Å²) < 4.78 is 37.5. The Hall–Kier alpha value is -1.43. The van der Waals surface area contributed by atoms with Gasteiger partial charge in [0.1, 0.15) is 12.3 Å². The van der Waals surface area contributed by atoms with Crippen molar-refractivity contribution in [2.24, 2.45) is 0 Å². The first kappa shape index (κ1) is 17.6. The van der Waals surface area contributed by atoms with Gasteiger partial charge < -0.3 is 15.3 Å². The molecule has 0 aliphatic heterocycles.